The van der Waals surface area contributed by atoms with E-state index in [4.69, 9.17) is 0 Å². The van der Waals surface area contributed by atoms with Gasteiger partial charge in [0.25, 0.3) is 0 Å². The zero-order valence-corrected chi connectivity index (χ0v) is 96.6. The molecule has 0 aliphatic carbocycles. The monoisotopic (exact) mass is 1890 g/mol. The van der Waals surface area contributed by atoms with Gasteiger partial charge >= 0.3 is 0 Å². The fourth-order valence-electron chi connectivity index (χ4n) is 24.3. The van der Waals surface area contributed by atoms with E-state index in [2.05, 4.69) is 34.6 Å². The van der Waals surface area contributed by atoms with E-state index in [1.165, 1.54) is 790 Å². The summed E-state index contributed by atoms with van der Waals surface area (Å²) in [6.07, 6.45) is 191. The summed E-state index contributed by atoms with van der Waals surface area (Å²) in [6, 6.07) is 0. The highest BCUT2D eigenvalue weighted by Gasteiger charge is 2.37. The third-order valence-electron chi connectivity index (χ3n) is 34.0. The Balaban J connectivity index is 6.01. The number of hydrogen-bond acceptors (Lipinski definition) is 0. The minimum absolute atomic E-state index is 0.589. The summed E-state index contributed by atoms with van der Waals surface area (Å²) in [4.78, 5) is 0. The lowest BCUT2D eigenvalue weighted by atomic mass is 9.62. The third kappa shape index (κ3) is 116. The molecule has 0 rings (SSSR count). The molecular weight excluding hydrogens is 1620 g/mol. The van der Waals surface area contributed by atoms with Crippen molar-refractivity contribution in [2.75, 3.05) is 0 Å². The van der Waals surface area contributed by atoms with Crippen LogP contribution < -0.4 is 0 Å². The van der Waals surface area contributed by atoms with Crippen LogP contribution >= 0.6 is 0 Å². The van der Waals surface area contributed by atoms with Gasteiger partial charge < -0.3 is 0 Å². The van der Waals surface area contributed by atoms with Crippen LogP contribution in [0.2, 0.25) is 0 Å². The second-order valence-electron chi connectivity index (χ2n) is 47.6. The van der Waals surface area contributed by atoms with E-state index in [0.29, 0.717) is 5.41 Å². The molecule has 0 radical (unpaired) electrons. The Kier molecular flexibility index (Phi) is 126. The molecule has 2 unspecified atom stereocenters. The maximum Gasteiger partial charge on any atom is -0.0269 e. The first-order chi connectivity index (χ1) is 67.2. The maximum atomic E-state index is 2.34. The van der Waals surface area contributed by atoms with Crippen LogP contribution in [0.25, 0.3) is 0 Å². The maximum absolute atomic E-state index is 2.34. The lowest BCUT2D eigenvalue weighted by molar-refractivity contribution is 0.0813. The molecule has 0 saturated carbocycles. The summed E-state index contributed by atoms with van der Waals surface area (Å²) in [7, 11) is 0. The molecule has 0 N–H and O–H groups in total. The van der Waals surface area contributed by atoms with Crippen molar-refractivity contribution >= 4 is 0 Å². The first kappa shape index (κ1) is 135. The van der Waals surface area contributed by atoms with Crippen LogP contribution in [-0.2, 0) is 0 Å². The summed E-state index contributed by atoms with van der Waals surface area (Å²) in [5, 5.41) is 0. The van der Waals surface area contributed by atoms with Gasteiger partial charge in [0.05, 0.1) is 0 Å². The molecule has 0 aromatic heterocycles. The summed E-state index contributed by atoms with van der Waals surface area (Å²) < 4.78 is 0. The van der Waals surface area contributed by atoms with Crippen molar-refractivity contribution in [2.45, 2.75) is 856 Å². The Morgan fingerprint density at radius 3 is 0.230 bits per heavy atom. The van der Waals surface area contributed by atoms with Crippen molar-refractivity contribution in [2.24, 2.45) is 11.3 Å². The van der Waals surface area contributed by atoms with E-state index in [-0.39, 0.29) is 0 Å². The highest BCUT2D eigenvalue weighted by atomic mass is 14.4. The van der Waals surface area contributed by atoms with Gasteiger partial charge in [-0.3, -0.25) is 0 Å². The van der Waals surface area contributed by atoms with Gasteiger partial charge in [0.15, 0.2) is 0 Å². The molecule has 812 valence electrons. The molecule has 0 spiro atoms. The molecule has 0 nitrogen and oxygen atoms in total. The van der Waals surface area contributed by atoms with Crippen LogP contribution in [0.5, 0.6) is 0 Å². The molecule has 0 heterocycles. The number of rotatable bonds is 129. The predicted molar refractivity (Wildman–Crippen MR) is 625 cm³/mol. The Morgan fingerprint density at radius 1 is 0.0815 bits per heavy atom. The Hall–Kier alpha value is 0. The van der Waals surface area contributed by atoms with Gasteiger partial charge in [-0.1, -0.05) is 824 Å². The number of unbranched alkanes of at least 4 members (excludes halogenated alkanes) is 118. The van der Waals surface area contributed by atoms with Gasteiger partial charge in [-0.2, -0.15) is 0 Å². The Bertz CT molecular complexity index is 1920. The van der Waals surface area contributed by atoms with E-state index in [1.807, 2.05) is 0 Å². The predicted octanol–water partition coefficient (Wildman–Crippen LogP) is 52.6. The van der Waals surface area contributed by atoms with Crippen LogP contribution in [0.1, 0.15) is 856 Å². The minimum atomic E-state index is 0.589. The van der Waals surface area contributed by atoms with Gasteiger partial charge in [-0.15, -0.1) is 0 Å². The Labute approximate surface area is 862 Å². The van der Waals surface area contributed by atoms with Crippen molar-refractivity contribution in [1.82, 2.24) is 0 Å². The van der Waals surface area contributed by atoms with E-state index < -0.39 is 0 Å². The standard InChI is InChI=1S/C135H272/c1-6-11-16-21-26-31-36-41-46-51-56-61-66-70-73-78-83-88-93-98-103-108-113-118-123-128-133-135(131-126-121-116-111-106-101-96-91-86-81-76-69-64-59-54-49-44-39-34-29-24-19-14-9-4,132-127-122-117-112-107-102-97-92-87-82-77-72-68-63-58-53-48-43-38-33-28-23-18-13-8-3)134(129-124-119-114-109-104-99-94-89-84-79-74-65-60-55-50-45-40-35-30-25-20-15-10-5)130-125-120-115-110-105-100-95-90-85-80-75-71-67-62-57-52-47-42-37-32-27-22-17-12-7-2/h134H,6-133H2,1-5H3. The molecule has 0 amide bonds. The van der Waals surface area contributed by atoms with Crippen LogP contribution in [0, 0.1) is 11.3 Å². The van der Waals surface area contributed by atoms with Gasteiger partial charge in [0.2, 0.25) is 0 Å². The van der Waals surface area contributed by atoms with Gasteiger partial charge in [-0.05, 0) is 43.4 Å². The van der Waals surface area contributed by atoms with Crippen molar-refractivity contribution in [3.8, 4) is 0 Å². The van der Waals surface area contributed by atoms with Crippen LogP contribution in [0.15, 0.2) is 0 Å². The first-order valence-corrected chi connectivity index (χ1v) is 67.2. The molecule has 0 fully saturated rings. The molecule has 0 aromatic rings. The molecule has 0 aromatic carbocycles. The lowest BCUT2D eigenvalue weighted by Gasteiger charge is -2.43. The molecule has 2 atom stereocenters. The zero-order chi connectivity index (χ0) is 96.6. The van der Waals surface area contributed by atoms with Crippen molar-refractivity contribution in [3.63, 3.8) is 0 Å². The smallest absolute Gasteiger partial charge is 0.0269 e. The van der Waals surface area contributed by atoms with E-state index in [9.17, 15) is 0 Å². The van der Waals surface area contributed by atoms with Gasteiger partial charge in [0, 0.05) is 0 Å². The molecular formula is C135H272. The summed E-state index contributed by atoms with van der Waals surface area (Å²) in [5.41, 5.74) is 0.589. The molecule has 0 aliphatic heterocycles. The second kappa shape index (κ2) is 126. The quantitative estimate of drug-likeness (QED) is 0.0533. The molecule has 0 saturated heterocycles. The van der Waals surface area contributed by atoms with Crippen LogP contribution in [0.4, 0.5) is 0 Å². The zero-order valence-electron chi connectivity index (χ0n) is 96.6. The Morgan fingerprint density at radius 2 is 0.148 bits per heavy atom. The summed E-state index contributed by atoms with van der Waals surface area (Å²) in [5.74, 6) is 0.968. The number of hydrogen-bond donors (Lipinski definition) is 0. The molecule has 0 aliphatic rings. The minimum Gasteiger partial charge on any atom is -0.0654 e. The summed E-state index contributed by atoms with van der Waals surface area (Å²) >= 11 is 0. The normalized spacial score (nSPS) is 12.6. The summed E-state index contributed by atoms with van der Waals surface area (Å²) in [6.45, 7) is 11.7. The van der Waals surface area contributed by atoms with Crippen molar-refractivity contribution in [1.29, 1.82) is 0 Å². The fraction of sp³-hybridized carbons (Fsp3) is 1.00. The van der Waals surface area contributed by atoms with Crippen molar-refractivity contribution in [3.05, 3.63) is 0 Å². The van der Waals surface area contributed by atoms with E-state index in [1.54, 1.807) is 32.1 Å². The average Bonchev–Trinajstić information content (AvgIpc) is 0.823. The van der Waals surface area contributed by atoms with Gasteiger partial charge in [0.1, 0.15) is 0 Å². The average molecular weight is 1900 g/mol. The topological polar surface area (TPSA) is 0 Å². The fourth-order valence-corrected chi connectivity index (χ4v) is 24.3. The third-order valence-corrected chi connectivity index (χ3v) is 34.0. The highest BCUT2D eigenvalue weighted by molar-refractivity contribution is 4.88. The molecule has 135 heavy (non-hydrogen) atoms. The molecule has 0 heteroatoms. The van der Waals surface area contributed by atoms with Crippen molar-refractivity contribution < 1.29 is 0 Å². The van der Waals surface area contributed by atoms with E-state index in [0.717, 1.165) is 5.92 Å². The highest BCUT2D eigenvalue weighted by Crippen LogP contribution is 2.49. The van der Waals surface area contributed by atoms with Gasteiger partial charge in [-0.25, -0.2) is 0 Å². The lowest BCUT2D eigenvalue weighted by Crippen LogP contribution is -2.32. The van der Waals surface area contributed by atoms with E-state index >= 15 is 0 Å². The van der Waals surface area contributed by atoms with Crippen LogP contribution in [0.3, 0.4) is 0 Å². The second-order valence-corrected chi connectivity index (χ2v) is 47.6. The molecule has 0 bridgehead atoms. The van der Waals surface area contributed by atoms with Crippen LogP contribution in [-0.4, -0.2) is 0 Å². The largest absolute Gasteiger partial charge is 0.0654 e. The SMILES string of the molecule is CCCCCCCCCCCCCCCCCCCCCCCCCCCCC(CCCCCCCCCCCCCCCCCCCCCCCCCC)(CCCCCCCCCCCCCCCCCCCCCCCCCCC)C(CCCCCCCCCCCCCCCCCCCCCCCCC)CCCCCCCCCCCCCCCCCCCCCCCCCCC. The first-order valence-electron chi connectivity index (χ1n) is 67.2.